The highest BCUT2D eigenvalue weighted by atomic mass is 16.5. The Morgan fingerprint density at radius 3 is 3.00 bits per heavy atom. The van der Waals surface area contributed by atoms with Gasteiger partial charge >= 0.3 is 0 Å². The molecule has 1 aromatic carbocycles. The standard InChI is InChI=1S/C14H19NO2/c1-17-14-5-3-2-4-12(14)9-13(16)8-11-6-7-15-10-11/h2-5,11,15H,6-10H2,1H3. The van der Waals surface area contributed by atoms with Crippen molar-refractivity contribution in [3.63, 3.8) is 0 Å². The molecule has 2 rings (SSSR count). The van der Waals surface area contributed by atoms with Gasteiger partial charge in [-0.25, -0.2) is 0 Å². The lowest BCUT2D eigenvalue weighted by Gasteiger charge is -2.09. The van der Waals surface area contributed by atoms with Crippen LogP contribution in [0.2, 0.25) is 0 Å². The molecule has 3 nitrogen and oxygen atoms in total. The van der Waals surface area contributed by atoms with Gasteiger partial charge in [0.25, 0.3) is 0 Å². The first-order valence-electron chi connectivity index (χ1n) is 6.14. The molecule has 3 heteroatoms. The van der Waals surface area contributed by atoms with Gasteiger partial charge in [0.1, 0.15) is 11.5 Å². The zero-order chi connectivity index (χ0) is 12.1. The van der Waals surface area contributed by atoms with E-state index in [-0.39, 0.29) is 0 Å². The van der Waals surface area contributed by atoms with Crippen molar-refractivity contribution in [3.05, 3.63) is 29.8 Å². The summed E-state index contributed by atoms with van der Waals surface area (Å²) in [6.45, 7) is 2.03. The molecule has 0 aliphatic carbocycles. The van der Waals surface area contributed by atoms with Crippen LogP contribution in [-0.4, -0.2) is 26.0 Å². The summed E-state index contributed by atoms with van der Waals surface area (Å²) < 4.78 is 5.25. The van der Waals surface area contributed by atoms with Crippen molar-refractivity contribution in [2.24, 2.45) is 5.92 Å². The van der Waals surface area contributed by atoms with Crippen molar-refractivity contribution in [1.29, 1.82) is 0 Å². The van der Waals surface area contributed by atoms with Gasteiger partial charge in [0.15, 0.2) is 0 Å². The number of methoxy groups -OCH3 is 1. The molecule has 1 atom stereocenters. The number of rotatable bonds is 5. The molecule has 1 heterocycles. The molecule has 1 aliphatic heterocycles. The molecular formula is C14H19NO2. The Balaban J connectivity index is 1.92. The number of ether oxygens (including phenoxy) is 1. The number of carbonyl (C=O) groups excluding carboxylic acids is 1. The fraction of sp³-hybridized carbons (Fsp3) is 0.500. The van der Waals surface area contributed by atoms with Crippen LogP contribution in [0.15, 0.2) is 24.3 Å². The molecular weight excluding hydrogens is 214 g/mol. The maximum Gasteiger partial charge on any atom is 0.137 e. The number of nitrogens with one attached hydrogen (secondary N) is 1. The number of para-hydroxylation sites is 1. The summed E-state index contributed by atoms with van der Waals surface area (Å²) in [6, 6.07) is 7.74. The van der Waals surface area contributed by atoms with Crippen LogP contribution in [0.1, 0.15) is 18.4 Å². The molecule has 1 fully saturated rings. The van der Waals surface area contributed by atoms with Gasteiger partial charge in [-0.3, -0.25) is 4.79 Å². The zero-order valence-corrected chi connectivity index (χ0v) is 10.2. The molecule has 1 unspecified atom stereocenters. The first-order valence-corrected chi connectivity index (χ1v) is 6.14. The maximum absolute atomic E-state index is 12.0. The van der Waals surface area contributed by atoms with Crippen LogP contribution in [0.5, 0.6) is 5.75 Å². The Bertz CT molecular complexity index is 384. The highest BCUT2D eigenvalue weighted by Crippen LogP contribution is 2.20. The molecule has 1 aromatic rings. The third-order valence-corrected chi connectivity index (χ3v) is 3.26. The normalized spacial score (nSPS) is 19.2. The minimum atomic E-state index is 0.309. The Labute approximate surface area is 102 Å². The minimum absolute atomic E-state index is 0.309. The van der Waals surface area contributed by atoms with E-state index >= 15 is 0 Å². The predicted molar refractivity (Wildman–Crippen MR) is 67.3 cm³/mol. The van der Waals surface area contributed by atoms with Gasteiger partial charge in [-0.2, -0.15) is 0 Å². The SMILES string of the molecule is COc1ccccc1CC(=O)CC1CCNC1. The van der Waals surface area contributed by atoms with E-state index in [4.69, 9.17) is 4.74 Å². The topological polar surface area (TPSA) is 38.3 Å². The highest BCUT2D eigenvalue weighted by molar-refractivity contribution is 5.81. The molecule has 1 N–H and O–H groups in total. The molecule has 1 saturated heterocycles. The minimum Gasteiger partial charge on any atom is -0.496 e. The van der Waals surface area contributed by atoms with Crippen molar-refractivity contribution >= 4 is 5.78 Å². The van der Waals surface area contributed by atoms with Crippen LogP contribution in [0.4, 0.5) is 0 Å². The number of benzene rings is 1. The van der Waals surface area contributed by atoms with Gasteiger partial charge in [-0.15, -0.1) is 0 Å². The number of ketones is 1. The van der Waals surface area contributed by atoms with E-state index in [9.17, 15) is 4.79 Å². The average Bonchev–Trinajstić information content (AvgIpc) is 2.82. The summed E-state index contributed by atoms with van der Waals surface area (Å²) >= 11 is 0. The van der Waals surface area contributed by atoms with Gasteiger partial charge < -0.3 is 10.1 Å². The molecule has 0 spiro atoms. The Kier molecular flexibility index (Phi) is 4.15. The van der Waals surface area contributed by atoms with Crippen LogP contribution in [0, 0.1) is 5.92 Å². The third-order valence-electron chi connectivity index (χ3n) is 3.26. The van der Waals surface area contributed by atoms with E-state index in [1.165, 1.54) is 0 Å². The molecule has 1 aliphatic rings. The average molecular weight is 233 g/mol. The molecule has 0 saturated carbocycles. The summed E-state index contributed by atoms with van der Waals surface area (Å²) in [5.74, 6) is 1.64. The number of carbonyl (C=O) groups is 1. The molecule has 0 amide bonds. The summed E-state index contributed by atoms with van der Waals surface area (Å²) in [5, 5.41) is 3.29. The van der Waals surface area contributed by atoms with Gasteiger partial charge in [0.2, 0.25) is 0 Å². The second-order valence-electron chi connectivity index (χ2n) is 4.59. The van der Waals surface area contributed by atoms with Crippen LogP contribution in [-0.2, 0) is 11.2 Å². The second-order valence-corrected chi connectivity index (χ2v) is 4.59. The van der Waals surface area contributed by atoms with Gasteiger partial charge in [0, 0.05) is 18.4 Å². The first-order chi connectivity index (χ1) is 8.29. The highest BCUT2D eigenvalue weighted by Gasteiger charge is 2.18. The van der Waals surface area contributed by atoms with Crippen LogP contribution >= 0.6 is 0 Å². The summed E-state index contributed by atoms with van der Waals surface area (Å²) in [5.41, 5.74) is 0.992. The van der Waals surface area contributed by atoms with Gasteiger partial charge in [0.05, 0.1) is 7.11 Å². The first kappa shape index (κ1) is 12.1. The Morgan fingerprint density at radius 2 is 2.29 bits per heavy atom. The number of hydrogen-bond donors (Lipinski definition) is 1. The van der Waals surface area contributed by atoms with Gasteiger partial charge in [-0.1, -0.05) is 18.2 Å². The van der Waals surface area contributed by atoms with Crippen molar-refractivity contribution in [2.45, 2.75) is 19.3 Å². The van der Waals surface area contributed by atoms with Crippen LogP contribution < -0.4 is 10.1 Å². The third kappa shape index (κ3) is 3.30. The van der Waals surface area contributed by atoms with Crippen molar-refractivity contribution < 1.29 is 9.53 Å². The van der Waals surface area contributed by atoms with E-state index in [1.807, 2.05) is 24.3 Å². The molecule has 0 bridgehead atoms. The number of Topliss-reactive ketones (excluding diaryl/α,β-unsaturated/α-hetero) is 1. The summed E-state index contributed by atoms with van der Waals surface area (Å²) in [6.07, 6.45) is 2.29. The van der Waals surface area contributed by atoms with E-state index in [2.05, 4.69) is 5.32 Å². The molecule has 92 valence electrons. The van der Waals surface area contributed by atoms with Crippen LogP contribution in [0.3, 0.4) is 0 Å². The molecule has 0 aromatic heterocycles. The van der Waals surface area contributed by atoms with Crippen LogP contribution in [0.25, 0.3) is 0 Å². The van der Waals surface area contributed by atoms with Crippen molar-refractivity contribution in [2.75, 3.05) is 20.2 Å². The quantitative estimate of drug-likeness (QED) is 0.843. The predicted octanol–water partition coefficient (Wildman–Crippen LogP) is 1.81. The second kappa shape index (κ2) is 5.82. The Hall–Kier alpha value is -1.35. The largest absolute Gasteiger partial charge is 0.496 e. The molecule has 17 heavy (non-hydrogen) atoms. The van der Waals surface area contributed by atoms with Crippen molar-refractivity contribution in [1.82, 2.24) is 5.32 Å². The fourth-order valence-electron chi connectivity index (χ4n) is 2.34. The maximum atomic E-state index is 12.0. The smallest absolute Gasteiger partial charge is 0.137 e. The Morgan fingerprint density at radius 1 is 1.47 bits per heavy atom. The van der Waals surface area contributed by atoms with Gasteiger partial charge in [-0.05, 0) is 31.5 Å². The van der Waals surface area contributed by atoms with E-state index in [0.29, 0.717) is 24.5 Å². The molecule has 0 radical (unpaired) electrons. The van der Waals surface area contributed by atoms with E-state index < -0.39 is 0 Å². The lowest BCUT2D eigenvalue weighted by molar-refractivity contribution is -0.119. The monoisotopic (exact) mass is 233 g/mol. The lowest BCUT2D eigenvalue weighted by atomic mass is 9.97. The summed E-state index contributed by atoms with van der Waals surface area (Å²) in [7, 11) is 1.64. The summed E-state index contributed by atoms with van der Waals surface area (Å²) in [4.78, 5) is 12.0. The van der Waals surface area contributed by atoms with E-state index in [0.717, 1.165) is 30.8 Å². The number of hydrogen-bond acceptors (Lipinski definition) is 3. The van der Waals surface area contributed by atoms with Crippen molar-refractivity contribution in [3.8, 4) is 5.75 Å². The van der Waals surface area contributed by atoms with E-state index in [1.54, 1.807) is 7.11 Å². The zero-order valence-electron chi connectivity index (χ0n) is 10.2. The fourth-order valence-corrected chi connectivity index (χ4v) is 2.34. The lowest BCUT2D eigenvalue weighted by Crippen LogP contribution is -2.14.